The molecule has 48 heavy (non-hydrogen) atoms. The summed E-state index contributed by atoms with van der Waals surface area (Å²) < 4.78 is 26.2. The van der Waals surface area contributed by atoms with Gasteiger partial charge in [-0.1, -0.05) is 64.8 Å². The zero-order valence-corrected chi connectivity index (χ0v) is 31.1. The summed E-state index contributed by atoms with van der Waals surface area (Å²) in [5.41, 5.74) is 3.69. The van der Waals surface area contributed by atoms with Gasteiger partial charge in [0.15, 0.2) is 0 Å². The minimum Gasteiger partial charge on any atom is -0.530 e. The van der Waals surface area contributed by atoms with Gasteiger partial charge in [0.25, 0.3) is 8.32 Å². The van der Waals surface area contributed by atoms with Gasteiger partial charge in [-0.15, -0.1) is 6.42 Å². The van der Waals surface area contributed by atoms with Gasteiger partial charge in [-0.25, -0.2) is 14.2 Å². The number of carbonyl (C=O) groups is 2. The van der Waals surface area contributed by atoms with Gasteiger partial charge in [0.2, 0.25) is 11.8 Å². The van der Waals surface area contributed by atoms with Crippen molar-refractivity contribution in [2.75, 3.05) is 11.4 Å². The molecule has 7 nitrogen and oxygen atoms in total. The van der Waals surface area contributed by atoms with E-state index in [4.69, 9.17) is 20.6 Å². The topological polar surface area (TPSA) is 80.8 Å². The van der Waals surface area contributed by atoms with E-state index in [9.17, 15) is 14.0 Å². The van der Waals surface area contributed by atoms with Crippen LogP contribution >= 0.6 is 0 Å². The van der Waals surface area contributed by atoms with Crippen molar-refractivity contribution < 1.29 is 23.1 Å². The first-order valence-electron chi connectivity index (χ1n) is 16.5. The van der Waals surface area contributed by atoms with Crippen LogP contribution in [0.15, 0.2) is 54.6 Å². The Morgan fingerprint density at radius 2 is 1.65 bits per heavy atom. The van der Waals surface area contributed by atoms with Crippen LogP contribution in [0, 0.1) is 18.2 Å². The monoisotopic (exact) mass is 671 g/mol. The van der Waals surface area contributed by atoms with Crippen molar-refractivity contribution in [1.82, 2.24) is 10.3 Å². The van der Waals surface area contributed by atoms with E-state index in [1.165, 1.54) is 12.1 Å². The Labute approximate surface area is 286 Å². The van der Waals surface area contributed by atoms with E-state index in [1.54, 1.807) is 37.8 Å². The Kier molecular flexibility index (Phi) is 10.5. The van der Waals surface area contributed by atoms with Crippen LogP contribution in [0.5, 0.6) is 5.88 Å². The van der Waals surface area contributed by atoms with E-state index < -0.39 is 31.5 Å². The highest BCUT2D eigenvalue weighted by molar-refractivity contribution is 6.74. The van der Waals surface area contributed by atoms with Gasteiger partial charge in [-0.2, -0.15) is 0 Å². The van der Waals surface area contributed by atoms with Gasteiger partial charge in [0.05, 0.1) is 11.4 Å². The predicted molar refractivity (Wildman–Crippen MR) is 193 cm³/mol. The Hall–Kier alpha value is -4.16. The molecule has 0 spiro atoms. The van der Waals surface area contributed by atoms with Crippen LogP contribution in [-0.2, 0) is 27.8 Å². The summed E-state index contributed by atoms with van der Waals surface area (Å²) in [6.45, 7) is 20.7. The van der Waals surface area contributed by atoms with Gasteiger partial charge in [-0.05, 0) is 93.2 Å². The minimum absolute atomic E-state index is 0.0694. The second-order valence-corrected chi connectivity index (χ2v) is 20.6. The molecule has 0 aliphatic carbocycles. The maximum absolute atomic E-state index is 14.5. The molecule has 0 unspecified atom stereocenters. The number of rotatable bonds is 9. The molecule has 1 N–H and O–H groups in total. The Morgan fingerprint density at radius 3 is 2.21 bits per heavy atom. The van der Waals surface area contributed by atoms with Gasteiger partial charge in [-0.3, -0.25) is 4.79 Å². The third-order valence-corrected chi connectivity index (χ3v) is 13.4. The Morgan fingerprint density at radius 1 is 1.04 bits per heavy atom. The number of amides is 2. The zero-order valence-electron chi connectivity index (χ0n) is 30.1. The minimum atomic E-state index is -2.30. The number of terminal acetylenes is 1. The first kappa shape index (κ1) is 36.7. The summed E-state index contributed by atoms with van der Waals surface area (Å²) in [5, 5.41) is 2.79. The Bertz CT molecular complexity index is 1680. The van der Waals surface area contributed by atoms with Crippen LogP contribution < -0.4 is 14.6 Å². The quantitative estimate of drug-likeness (QED) is 0.183. The smallest absolute Gasteiger partial charge is 0.408 e. The fraction of sp³-hybridized carbons (Fsp3) is 0.462. The zero-order chi connectivity index (χ0) is 35.7. The number of nitrogens with one attached hydrogen (secondary N) is 1. The summed E-state index contributed by atoms with van der Waals surface area (Å²) in [4.78, 5) is 34.4. The number of nitrogens with zero attached hydrogens (tertiary/aromatic N) is 2. The molecule has 2 heterocycles. The lowest BCUT2D eigenvalue weighted by molar-refractivity contribution is -0.120. The number of hydrogen-bond acceptors (Lipinski definition) is 5. The lowest BCUT2D eigenvalue weighted by Gasteiger charge is -2.36. The number of pyridine rings is 1. The Balaban J connectivity index is 1.75. The largest absolute Gasteiger partial charge is 0.530 e. The van der Waals surface area contributed by atoms with Gasteiger partial charge in [0, 0.05) is 29.5 Å². The highest BCUT2D eigenvalue weighted by Gasteiger charge is 2.44. The summed E-state index contributed by atoms with van der Waals surface area (Å²) in [6, 6.07) is 15.1. The van der Waals surface area contributed by atoms with E-state index in [2.05, 4.69) is 58.9 Å². The van der Waals surface area contributed by atoms with E-state index in [-0.39, 0.29) is 16.8 Å². The van der Waals surface area contributed by atoms with E-state index in [0.717, 1.165) is 27.9 Å². The molecule has 0 saturated heterocycles. The number of carbonyl (C=O) groups excluding carboxylic acids is 2. The molecule has 0 bridgehead atoms. The van der Waals surface area contributed by atoms with Crippen molar-refractivity contribution in [3.8, 4) is 18.2 Å². The fourth-order valence-electron chi connectivity index (χ4n) is 5.39. The second-order valence-electron chi connectivity index (χ2n) is 15.9. The van der Waals surface area contributed by atoms with E-state index in [0.29, 0.717) is 37.4 Å². The number of benzene rings is 2. The van der Waals surface area contributed by atoms with Gasteiger partial charge >= 0.3 is 6.09 Å². The normalized spacial score (nSPS) is 14.9. The molecule has 9 heteroatoms. The average molecular weight is 672 g/mol. The van der Waals surface area contributed by atoms with Gasteiger partial charge < -0.3 is 19.4 Å². The summed E-state index contributed by atoms with van der Waals surface area (Å²) >= 11 is 0. The molecule has 2 aromatic carbocycles. The number of fused-ring (bicyclic) bond motifs is 1. The molecule has 1 atom stereocenters. The van der Waals surface area contributed by atoms with Crippen molar-refractivity contribution in [3.63, 3.8) is 0 Å². The lowest BCUT2D eigenvalue weighted by atomic mass is 9.91. The average Bonchev–Trinajstić information content (AvgIpc) is 3.24. The lowest BCUT2D eigenvalue weighted by Crippen LogP contribution is -2.50. The number of halogens is 1. The number of aryl methyl sites for hydroxylation is 1. The summed E-state index contributed by atoms with van der Waals surface area (Å²) in [7, 11) is -2.30. The first-order valence-corrected chi connectivity index (χ1v) is 19.4. The molecular weight excluding hydrogens is 622 g/mol. The van der Waals surface area contributed by atoms with Crippen LogP contribution in [0.25, 0.3) is 0 Å². The summed E-state index contributed by atoms with van der Waals surface area (Å²) in [6.07, 6.45) is 6.20. The molecule has 256 valence electrons. The number of hydrogen-bond donors (Lipinski definition) is 1. The van der Waals surface area contributed by atoms with Gasteiger partial charge in [0.1, 0.15) is 17.5 Å². The molecule has 4 rings (SSSR count). The second kappa shape index (κ2) is 13.8. The molecule has 3 aromatic rings. The third-order valence-electron chi connectivity index (χ3n) is 9.09. The highest BCUT2D eigenvalue weighted by Crippen LogP contribution is 2.44. The van der Waals surface area contributed by atoms with Crippen LogP contribution in [0.1, 0.15) is 89.8 Å². The van der Waals surface area contributed by atoms with E-state index in [1.807, 2.05) is 30.3 Å². The molecule has 1 aromatic heterocycles. The number of anilines is 1. The fourth-order valence-corrected chi connectivity index (χ4v) is 6.35. The van der Waals surface area contributed by atoms with E-state index >= 15 is 0 Å². The van der Waals surface area contributed by atoms with Crippen molar-refractivity contribution in [1.29, 1.82) is 0 Å². The summed E-state index contributed by atoms with van der Waals surface area (Å²) in [5.74, 6) is 2.61. The number of aromatic nitrogens is 1. The van der Waals surface area contributed by atoms with Crippen molar-refractivity contribution in [2.24, 2.45) is 0 Å². The molecule has 1 aliphatic rings. The SMILES string of the molecule is C#Cc1ccc(CC[C@H](NC(=O)OC(C)(C)C)C(=O)N2CC(C)(C)c3nc(O[Si](C)(C)C(C)(C)C)c(Cc4ccc(F)cc4)cc32)cc1. The molecule has 2 amide bonds. The highest BCUT2D eigenvalue weighted by atomic mass is 28.4. The number of ether oxygens (including phenoxy) is 1. The van der Waals surface area contributed by atoms with Crippen LogP contribution in [0.2, 0.25) is 18.1 Å². The molecular formula is C39H50FN3O4Si. The van der Waals surface area contributed by atoms with Crippen LogP contribution in [0.4, 0.5) is 14.9 Å². The third kappa shape index (κ3) is 8.84. The molecule has 0 radical (unpaired) electrons. The first-order chi connectivity index (χ1) is 22.2. The molecule has 0 saturated carbocycles. The standard InChI is InChI=1S/C39H50FN3O4Si/c1-12-26-13-15-27(16-14-26)19-22-31(41-36(45)46-37(2,3)4)35(44)43-25-39(8,9)33-32(43)24-29(23-28-17-20-30(40)21-18-28)34(42-33)47-48(10,11)38(5,6)7/h1,13-18,20-21,24,31H,19,22-23,25H2,2-11H3,(H,41,45)/t31-/m0/s1. The molecule has 0 fully saturated rings. The maximum Gasteiger partial charge on any atom is 0.408 e. The van der Waals surface area contributed by atoms with Crippen molar-refractivity contribution in [2.45, 2.75) is 110 Å². The molecule has 1 aliphatic heterocycles. The van der Waals surface area contributed by atoms with Crippen LogP contribution in [-0.4, -0.2) is 43.5 Å². The maximum atomic E-state index is 14.5. The predicted octanol–water partition coefficient (Wildman–Crippen LogP) is 8.33. The van der Waals surface area contributed by atoms with Crippen LogP contribution in [0.3, 0.4) is 0 Å². The van der Waals surface area contributed by atoms with Crippen molar-refractivity contribution >= 4 is 26.0 Å². The number of alkyl carbamates (subject to hydrolysis) is 1. The van der Waals surface area contributed by atoms with Crippen molar-refractivity contribution in [3.05, 3.63) is 88.4 Å².